The molecule has 1 aromatic rings. The van der Waals surface area contributed by atoms with Crippen molar-refractivity contribution in [3.05, 3.63) is 23.3 Å². The van der Waals surface area contributed by atoms with Gasteiger partial charge in [0, 0.05) is 12.0 Å². The van der Waals surface area contributed by atoms with Crippen molar-refractivity contribution in [2.45, 2.75) is 6.42 Å². The van der Waals surface area contributed by atoms with E-state index in [1.807, 2.05) is 0 Å². The Balaban J connectivity index is 2.56. The van der Waals surface area contributed by atoms with Gasteiger partial charge in [0.05, 0.1) is 12.2 Å². The third-order valence-corrected chi connectivity index (χ3v) is 1.97. The molecular weight excluding hydrogens is 156 g/mol. The number of aldehydes is 1. The minimum absolute atomic E-state index is 0.0363. The van der Waals surface area contributed by atoms with Crippen molar-refractivity contribution in [3.8, 4) is 11.5 Å². The summed E-state index contributed by atoms with van der Waals surface area (Å²) in [5, 5.41) is 9.29. The third-order valence-electron chi connectivity index (χ3n) is 1.97. The van der Waals surface area contributed by atoms with E-state index in [1.165, 1.54) is 0 Å². The molecule has 1 aliphatic heterocycles. The van der Waals surface area contributed by atoms with Gasteiger partial charge in [-0.1, -0.05) is 0 Å². The highest BCUT2D eigenvalue weighted by Gasteiger charge is 2.14. The zero-order valence-electron chi connectivity index (χ0n) is 6.41. The molecule has 2 rings (SSSR count). The van der Waals surface area contributed by atoms with E-state index in [-0.39, 0.29) is 11.3 Å². The Labute approximate surface area is 69.6 Å². The number of phenolic OH excluding ortho intramolecular Hbond substituents is 1. The molecule has 0 aliphatic carbocycles. The summed E-state index contributed by atoms with van der Waals surface area (Å²) in [6.07, 6.45) is 1.43. The van der Waals surface area contributed by atoms with Gasteiger partial charge in [0.25, 0.3) is 0 Å². The van der Waals surface area contributed by atoms with Gasteiger partial charge in [0.2, 0.25) is 0 Å². The van der Waals surface area contributed by atoms with Gasteiger partial charge in [-0.25, -0.2) is 0 Å². The SMILES string of the molecule is O=Cc1cc2c(cc1O)CCO2. The van der Waals surface area contributed by atoms with Crippen LogP contribution < -0.4 is 4.74 Å². The Kier molecular flexibility index (Phi) is 1.50. The Morgan fingerprint density at radius 3 is 3.08 bits per heavy atom. The van der Waals surface area contributed by atoms with E-state index in [1.54, 1.807) is 12.1 Å². The first-order valence-corrected chi connectivity index (χ1v) is 3.75. The van der Waals surface area contributed by atoms with Crippen LogP contribution in [0.4, 0.5) is 0 Å². The molecule has 1 aliphatic rings. The van der Waals surface area contributed by atoms with Gasteiger partial charge in [-0.05, 0) is 12.1 Å². The first kappa shape index (κ1) is 7.16. The highest BCUT2D eigenvalue weighted by atomic mass is 16.5. The van der Waals surface area contributed by atoms with E-state index in [2.05, 4.69) is 0 Å². The number of fused-ring (bicyclic) bond motifs is 1. The highest BCUT2D eigenvalue weighted by molar-refractivity contribution is 5.80. The van der Waals surface area contributed by atoms with Crippen LogP contribution >= 0.6 is 0 Å². The number of phenols is 1. The molecule has 62 valence electrons. The molecule has 0 atom stereocenters. The molecule has 12 heavy (non-hydrogen) atoms. The fraction of sp³-hybridized carbons (Fsp3) is 0.222. The molecule has 0 saturated heterocycles. The molecule has 0 spiro atoms. The number of rotatable bonds is 1. The smallest absolute Gasteiger partial charge is 0.153 e. The number of carbonyl (C=O) groups is 1. The summed E-state index contributed by atoms with van der Waals surface area (Å²) in [5.74, 6) is 0.754. The summed E-state index contributed by atoms with van der Waals surface area (Å²) in [6.45, 7) is 0.636. The lowest BCUT2D eigenvalue weighted by Gasteiger charge is -2.01. The molecule has 3 heteroatoms. The van der Waals surface area contributed by atoms with E-state index in [9.17, 15) is 9.90 Å². The zero-order valence-corrected chi connectivity index (χ0v) is 6.41. The topological polar surface area (TPSA) is 46.5 Å². The first-order valence-electron chi connectivity index (χ1n) is 3.75. The van der Waals surface area contributed by atoms with Crippen molar-refractivity contribution in [2.24, 2.45) is 0 Å². The Morgan fingerprint density at radius 1 is 1.50 bits per heavy atom. The van der Waals surface area contributed by atoms with E-state index >= 15 is 0 Å². The third kappa shape index (κ3) is 0.942. The molecule has 0 unspecified atom stereocenters. The first-order chi connectivity index (χ1) is 5.81. The fourth-order valence-electron chi connectivity index (χ4n) is 1.32. The van der Waals surface area contributed by atoms with Gasteiger partial charge in [-0.2, -0.15) is 0 Å². The van der Waals surface area contributed by atoms with Crippen LogP contribution in [-0.4, -0.2) is 18.0 Å². The normalized spacial score (nSPS) is 13.7. The second kappa shape index (κ2) is 2.52. The molecular formula is C9H8O3. The molecule has 0 radical (unpaired) electrons. The van der Waals surface area contributed by atoms with E-state index in [0.717, 1.165) is 17.7 Å². The van der Waals surface area contributed by atoms with Crippen molar-refractivity contribution in [1.29, 1.82) is 0 Å². The monoisotopic (exact) mass is 164 g/mol. The second-order valence-electron chi connectivity index (χ2n) is 2.74. The largest absolute Gasteiger partial charge is 0.507 e. The van der Waals surface area contributed by atoms with Crippen LogP contribution in [0.2, 0.25) is 0 Å². The number of benzene rings is 1. The number of hydrogen-bond acceptors (Lipinski definition) is 3. The summed E-state index contributed by atoms with van der Waals surface area (Å²) >= 11 is 0. The van der Waals surface area contributed by atoms with Crippen molar-refractivity contribution < 1.29 is 14.6 Å². The lowest BCUT2D eigenvalue weighted by atomic mass is 10.1. The molecule has 0 aromatic heterocycles. The quantitative estimate of drug-likeness (QED) is 0.633. The summed E-state index contributed by atoms with van der Waals surface area (Å²) in [6, 6.07) is 3.16. The number of aromatic hydroxyl groups is 1. The lowest BCUT2D eigenvalue weighted by Crippen LogP contribution is -1.86. The second-order valence-corrected chi connectivity index (χ2v) is 2.74. The average molecular weight is 164 g/mol. The summed E-state index contributed by atoms with van der Waals surface area (Å²) in [5.41, 5.74) is 1.26. The van der Waals surface area contributed by atoms with E-state index in [0.29, 0.717) is 12.9 Å². The van der Waals surface area contributed by atoms with Crippen LogP contribution in [0, 0.1) is 0 Å². The molecule has 0 fully saturated rings. The van der Waals surface area contributed by atoms with Crippen molar-refractivity contribution in [3.63, 3.8) is 0 Å². The predicted molar refractivity (Wildman–Crippen MR) is 42.7 cm³/mol. The number of carbonyl (C=O) groups excluding carboxylic acids is 1. The lowest BCUT2D eigenvalue weighted by molar-refractivity contribution is 0.112. The van der Waals surface area contributed by atoms with Crippen molar-refractivity contribution >= 4 is 6.29 Å². The minimum atomic E-state index is 0.0363. The van der Waals surface area contributed by atoms with E-state index < -0.39 is 0 Å². The molecule has 0 amide bonds. The maximum Gasteiger partial charge on any atom is 0.153 e. The zero-order chi connectivity index (χ0) is 8.55. The van der Waals surface area contributed by atoms with Crippen LogP contribution in [0.5, 0.6) is 11.5 Å². The average Bonchev–Trinajstić information content (AvgIpc) is 2.49. The Hall–Kier alpha value is -1.51. The maximum atomic E-state index is 10.4. The summed E-state index contributed by atoms with van der Waals surface area (Å²) in [4.78, 5) is 10.4. The standard InChI is InChI=1S/C9H8O3/c10-5-7-4-9-6(1-2-12-9)3-8(7)11/h3-5,11H,1-2H2. The number of ether oxygens (including phenoxy) is 1. The van der Waals surface area contributed by atoms with Gasteiger partial charge in [-0.3, -0.25) is 4.79 Å². The Bertz CT molecular complexity index is 331. The molecule has 0 bridgehead atoms. The molecule has 0 saturated carbocycles. The summed E-state index contributed by atoms with van der Waals surface area (Å²) in [7, 11) is 0. The van der Waals surface area contributed by atoms with Crippen LogP contribution in [0.1, 0.15) is 15.9 Å². The minimum Gasteiger partial charge on any atom is -0.507 e. The van der Waals surface area contributed by atoms with Crippen LogP contribution in [-0.2, 0) is 6.42 Å². The van der Waals surface area contributed by atoms with Gasteiger partial charge < -0.3 is 9.84 Å². The predicted octanol–water partition coefficient (Wildman–Crippen LogP) is 1.14. The highest BCUT2D eigenvalue weighted by Crippen LogP contribution is 2.30. The van der Waals surface area contributed by atoms with Gasteiger partial charge in [0.15, 0.2) is 6.29 Å². The summed E-state index contributed by atoms with van der Waals surface area (Å²) < 4.78 is 5.23. The van der Waals surface area contributed by atoms with Gasteiger partial charge in [-0.15, -0.1) is 0 Å². The van der Waals surface area contributed by atoms with Crippen LogP contribution in [0.25, 0.3) is 0 Å². The van der Waals surface area contributed by atoms with Crippen LogP contribution in [0.15, 0.2) is 12.1 Å². The number of hydrogen-bond donors (Lipinski definition) is 1. The van der Waals surface area contributed by atoms with Crippen LogP contribution in [0.3, 0.4) is 0 Å². The van der Waals surface area contributed by atoms with Crippen molar-refractivity contribution in [1.82, 2.24) is 0 Å². The van der Waals surface area contributed by atoms with Gasteiger partial charge in [0.1, 0.15) is 11.5 Å². The fourth-order valence-corrected chi connectivity index (χ4v) is 1.32. The van der Waals surface area contributed by atoms with E-state index in [4.69, 9.17) is 4.74 Å². The molecule has 3 nitrogen and oxygen atoms in total. The molecule has 1 heterocycles. The maximum absolute atomic E-state index is 10.4. The molecule has 1 N–H and O–H groups in total. The Morgan fingerprint density at radius 2 is 2.33 bits per heavy atom. The van der Waals surface area contributed by atoms with Crippen molar-refractivity contribution in [2.75, 3.05) is 6.61 Å². The van der Waals surface area contributed by atoms with Gasteiger partial charge >= 0.3 is 0 Å². The molecule has 1 aromatic carbocycles.